The molecule has 3 nitrogen and oxygen atoms in total. The molecule has 17 heavy (non-hydrogen) atoms. The average molecular weight is 240 g/mol. The molecule has 0 spiro atoms. The van der Waals surface area contributed by atoms with Crippen molar-refractivity contribution in [2.75, 3.05) is 26.2 Å². The van der Waals surface area contributed by atoms with E-state index in [-0.39, 0.29) is 6.03 Å². The van der Waals surface area contributed by atoms with Gasteiger partial charge in [0.1, 0.15) is 0 Å². The molecular formula is C14H28N2O. The first-order valence-electron chi connectivity index (χ1n) is 7.26. The molecule has 3 heteroatoms. The molecule has 1 fully saturated rings. The highest BCUT2D eigenvalue weighted by Crippen LogP contribution is 2.22. The standard InChI is InChI=1S/C14H28N2O/c1-4-8-13-9-7-11-16(12-10-13)14(17)15(5-2)6-3/h13H,4-12H2,1-3H3. The van der Waals surface area contributed by atoms with Crippen LogP contribution in [0.5, 0.6) is 0 Å². The van der Waals surface area contributed by atoms with Crippen LogP contribution in [0.1, 0.15) is 52.9 Å². The van der Waals surface area contributed by atoms with Crippen LogP contribution in [0, 0.1) is 5.92 Å². The SMILES string of the molecule is CCCC1CCCN(C(=O)N(CC)CC)CC1. The smallest absolute Gasteiger partial charge is 0.319 e. The van der Waals surface area contributed by atoms with E-state index in [9.17, 15) is 4.79 Å². The molecule has 0 aromatic heterocycles. The number of nitrogens with zero attached hydrogens (tertiary/aromatic N) is 2. The largest absolute Gasteiger partial charge is 0.325 e. The zero-order valence-electron chi connectivity index (χ0n) is 11.7. The first-order chi connectivity index (χ1) is 8.22. The van der Waals surface area contributed by atoms with Crippen molar-refractivity contribution >= 4 is 6.03 Å². The molecule has 1 aliphatic heterocycles. The van der Waals surface area contributed by atoms with Crippen LogP contribution in [0.2, 0.25) is 0 Å². The van der Waals surface area contributed by atoms with Gasteiger partial charge >= 0.3 is 6.03 Å². The second-order valence-electron chi connectivity index (χ2n) is 5.03. The molecule has 1 unspecified atom stereocenters. The number of hydrogen-bond acceptors (Lipinski definition) is 1. The lowest BCUT2D eigenvalue weighted by atomic mass is 9.96. The number of urea groups is 1. The minimum absolute atomic E-state index is 0.243. The third-order valence-corrected chi connectivity index (χ3v) is 3.85. The minimum atomic E-state index is 0.243. The van der Waals surface area contributed by atoms with Gasteiger partial charge in [-0.3, -0.25) is 0 Å². The molecular weight excluding hydrogens is 212 g/mol. The molecule has 0 aromatic carbocycles. The van der Waals surface area contributed by atoms with Crippen molar-refractivity contribution in [1.82, 2.24) is 9.80 Å². The van der Waals surface area contributed by atoms with Crippen LogP contribution < -0.4 is 0 Å². The zero-order valence-corrected chi connectivity index (χ0v) is 11.7. The van der Waals surface area contributed by atoms with Gasteiger partial charge in [-0.1, -0.05) is 19.8 Å². The van der Waals surface area contributed by atoms with E-state index in [1.54, 1.807) is 0 Å². The highest BCUT2D eigenvalue weighted by Gasteiger charge is 2.22. The molecule has 0 aliphatic carbocycles. The molecule has 1 heterocycles. The van der Waals surface area contributed by atoms with Gasteiger partial charge in [0.05, 0.1) is 0 Å². The second-order valence-corrected chi connectivity index (χ2v) is 5.03. The van der Waals surface area contributed by atoms with E-state index in [4.69, 9.17) is 0 Å². The number of likely N-dealkylation sites (tertiary alicyclic amines) is 1. The van der Waals surface area contributed by atoms with Crippen LogP contribution in [0.4, 0.5) is 4.79 Å². The maximum atomic E-state index is 12.2. The van der Waals surface area contributed by atoms with Crippen LogP contribution in [0.3, 0.4) is 0 Å². The lowest BCUT2D eigenvalue weighted by Crippen LogP contribution is -2.43. The van der Waals surface area contributed by atoms with Gasteiger partial charge in [0.15, 0.2) is 0 Å². The van der Waals surface area contributed by atoms with Crippen LogP contribution in [-0.4, -0.2) is 42.0 Å². The van der Waals surface area contributed by atoms with Crippen molar-refractivity contribution in [3.8, 4) is 0 Å². The van der Waals surface area contributed by atoms with Crippen molar-refractivity contribution < 1.29 is 4.79 Å². The Bertz CT molecular complexity index is 226. The summed E-state index contributed by atoms with van der Waals surface area (Å²) in [5.41, 5.74) is 0. The predicted molar refractivity (Wildman–Crippen MR) is 72.1 cm³/mol. The van der Waals surface area contributed by atoms with Gasteiger partial charge in [0, 0.05) is 26.2 Å². The predicted octanol–water partition coefficient (Wildman–Crippen LogP) is 3.35. The highest BCUT2D eigenvalue weighted by molar-refractivity contribution is 5.74. The van der Waals surface area contributed by atoms with Crippen LogP contribution >= 0.6 is 0 Å². The molecule has 2 amide bonds. The molecule has 1 aliphatic rings. The van der Waals surface area contributed by atoms with E-state index in [0.717, 1.165) is 32.1 Å². The zero-order chi connectivity index (χ0) is 12.7. The number of amides is 2. The Morgan fingerprint density at radius 2 is 1.88 bits per heavy atom. The summed E-state index contributed by atoms with van der Waals surface area (Å²) in [7, 11) is 0. The van der Waals surface area contributed by atoms with Crippen molar-refractivity contribution in [1.29, 1.82) is 0 Å². The Morgan fingerprint density at radius 1 is 1.18 bits per heavy atom. The Labute approximate surface area is 106 Å². The fourth-order valence-corrected chi connectivity index (χ4v) is 2.75. The van der Waals surface area contributed by atoms with E-state index >= 15 is 0 Å². The van der Waals surface area contributed by atoms with Crippen molar-refractivity contribution in [3.63, 3.8) is 0 Å². The van der Waals surface area contributed by atoms with E-state index in [1.807, 2.05) is 4.90 Å². The van der Waals surface area contributed by atoms with Gasteiger partial charge in [0.2, 0.25) is 0 Å². The fourth-order valence-electron chi connectivity index (χ4n) is 2.75. The highest BCUT2D eigenvalue weighted by atomic mass is 16.2. The molecule has 0 saturated carbocycles. The Hall–Kier alpha value is -0.730. The van der Waals surface area contributed by atoms with Gasteiger partial charge in [-0.2, -0.15) is 0 Å². The first kappa shape index (κ1) is 14.3. The Kier molecular flexibility index (Phi) is 6.38. The molecule has 0 radical (unpaired) electrons. The van der Waals surface area contributed by atoms with Gasteiger partial charge in [-0.05, 0) is 39.0 Å². The quantitative estimate of drug-likeness (QED) is 0.739. The molecule has 1 atom stereocenters. The van der Waals surface area contributed by atoms with Gasteiger partial charge < -0.3 is 9.80 Å². The second kappa shape index (κ2) is 7.57. The van der Waals surface area contributed by atoms with Gasteiger partial charge in [-0.15, -0.1) is 0 Å². The summed E-state index contributed by atoms with van der Waals surface area (Å²) in [4.78, 5) is 16.2. The monoisotopic (exact) mass is 240 g/mol. The van der Waals surface area contributed by atoms with Gasteiger partial charge in [0.25, 0.3) is 0 Å². The normalized spacial score (nSPS) is 21.1. The summed E-state index contributed by atoms with van der Waals surface area (Å²) in [6.45, 7) is 9.92. The third kappa shape index (κ3) is 4.21. The maximum absolute atomic E-state index is 12.2. The van der Waals surface area contributed by atoms with Crippen LogP contribution in [-0.2, 0) is 0 Å². The molecule has 100 valence electrons. The van der Waals surface area contributed by atoms with Crippen molar-refractivity contribution in [3.05, 3.63) is 0 Å². The lowest BCUT2D eigenvalue weighted by Gasteiger charge is -2.28. The summed E-state index contributed by atoms with van der Waals surface area (Å²) in [6.07, 6.45) is 6.27. The lowest BCUT2D eigenvalue weighted by molar-refractivity contribution is 0.158. The van der Waals surface area contributed by atoms with Gasteiger partial charge in [-0.25, -0.2) is 4.79 Å². The minimum Gasteiger partial charge on any atom is -0.325 e. The number of rotatable bonds is 4. The van der Waals surface area contributed by atoms with E-state index < -0.39 is 0 Å². The van der Waals surface area contributed by atoms with Crippen LogP contribution in [0.25, 0.3) is 0 Å². The Morgan fingerprint density at radius 3 is 2.47 bits per heavy atom. The summed E-state index contributed by atoms with van der Waals surface area (Å²) in [5.74, 6) is 0.842. The van der Waals surface area contributed by atoms with Crippen molar-refractivity contribution in [2.24, 2.45) is 5.92 Å². The summed E-state index contributed by atoms with van der Waals surface area (Å²) < 4.78 is 0. The van der Waals surface area contributed by atoms with E-state index in [2.05, 4.69) is 25.7 Å². The van der Waals surface area contributed by atoms with E-state index in [1.165, 1.54) is 32.1 Å². The Balaban J connectivity index is 2.47. The molecule has 0 aromatic rings. The summed E-state index contributed by atoms with van der Waals surface area (Å²) in [6, 6.07) is 0.243. The number of hydrogen-bond donors (Lipinski definition) is 0. The fraction of sp³-hybridized carbons (Fsp3) is 0.929. The molecule has 0 bridgehead atoms. The topological polar surface area (TPSA) is 23.6 Å². The molecule has 1 saturated heterocycles. The molecule has 0 N–H and O–H groups in total. The maximum Gasteiger partial charge on any atom is 0.319 e. The van der Waals surface area contributed by atoms with Crippen LogP contribution in [0.15, 0.2) is 0 Å². The summed E-state index contributed by atoms with van der Waals surface area (Å²) in [5, 5.41) is 0. The summed E-state index contributed by atoms with van der Waals surface area (Å²) >= 11 is 0. The van der Waals surface area contributed by atoms with Crippen molar-refractivity contribution in [2.45, 2.75) is 52.9 Å². The average Bonchev–Trinajstić information content (AvgIpc) is 2.57. The third-order valence-electron chi connectivity index (χ3n) is 3.85. The number of carbonyl (C=O) groups excluding carboxylic acids is 1. The molecule has 1 rings (SSSR count). The van der Waals surface area contributed by atoms with E-state index in [0.29, 0.717) is 0 Å². The number of carbonyl (C=O) groups is 1. The first-order valence-corrected chi connectivity index (χ1v) is 7.26.